The summed E-state index contributed by atoms with van der Waals surface area (Å²) in [6, 6.07) is 4.07. The fourth-order valence-corrected chi connectivity index (χ4v) is 2.71. The van der Waals surface area contributed by atoms with E-state index in [1.165, 1.54) is 6.07 Å². The number of hydrogen-bond donors (Lipinski definition) is 1. The van der Waals surface area contributed by atoms with Crippen LogP contribution in [-0.4, -0.2) is 36.4 Å². The standard InChI is InChI=1S/C13H14FNO3/c14-11-5-8(13(16)17)1-4-12(11)15-6-9-2-3-10(7-15)18-9/h1,4-5,9-10H,2-3,6-7H2,(H,16,17). The van der Waals surface area contributed by atoms with E-state index in [0.717, 1.165) is 18.9 Å². The van der Waals surface area contributed by atoms with Gasteiger partial charge in [0.1, 0.15) is 5.82 Å². The lowest BCUT2D eigenvalue weighted by molar-refractivity contribution is 0.0302. The molecule has 0 aromatic heterocycles. The largest absolute Gasteiger partial charge is 0.478 e. The van der Waals surface area contributed by atoms with Gasteiger partial charge in [-0.25, -0.2) is 9.18 Å². The van der Waals surface area contributed by atoms with Crippen LogP contribution < -0.4 is 4.90 Å². The van der Waals surface area contributed by atoms with E-state index in [9.17, 15) is 9.18 Å². The second kappa shape index (κ2) is 4.24. The molecule has 18 heavy (non-hydrogen) atoms. The lowest BCUT2D eigenvalue weighted by Crippen LogP contribution is -2.43. The molecule has 0 saturated carbocycles. The number of carboxylic acids is 1. The van der Waals surface area contributed by atoms with Gasteiger partial charge in [0.25, 0.3) is 0 Å². The van der Waals surface area contributed by atoms with E-state index in [1.54, 1.807) is 6.07 Å². The van der Waals surface area contributed by atoms with Crippen molar-refractivity contribution >= 4 is 11.7 Å². The van der Waals surface area contributed by atoms with Crippen molar-refractivity contribution in [3.8, 4) is 0 Å². The zero-order valence-corrected chi connectivity index (χ0v) is 9.80. The van der Waals surface area contributed by atoms with Gasteiger partial charge in [-0.2, -0.15) is 0 Å². The number of rotatable bonds is 2. The number of fused-ring (bicyclic) bond motifs is 2. The molecule has 0 amide bonds. The van der Waals surface area contributed by atoms with Crippen LogP contribution in [0, 0.1) is 5.82 Å². The summed E-state index contributed by atoms with van der Waals surface area (Å²) < 4.78 is 19.6. The number of aromatic carboxylic acids is 1. The van der Waals surface area contributed by atoms with Gasteiger partial charge in [-0.3, -0.25) is 0 Å². The molecule has 96 valence electrons. The predicted octanol–water partition coefficient (Wildman–Crippen LogP) is 1.89. The lowest BCUT2D eigenvalue weighted by atomic mass is 10.1. The molecule has 0 radical (unpaired) electrons. The van der Waals surface area contributed by atoms with E-state index >= 15 is 0 Å². The third-order valence-electron chi connectivity index (χ3n) is 3.58. The summed E-state index contributed by atoms with van der Waals surface area (Å²) >= 11 is 0. The second-order valence-corrected chi connectivity index (χ2v) is 4.83. The Morgan fingerprint density at radius 1 is 1.33 bits per heavy atom. The number of hydrogen-bond acceptors (Lipinski definition) is 3. The Morgan fingerprint density at radius 3 is 2.56 bits per heavy atom. The van der Waals surface area contributed by atoms with Gasteiger partial charge in [-0.05, 0) is 31.0 Å². The Hall–Kier alpha value is -1.62. The number of benzene rings is 1. The van der Waals surface area contributed by atoms with Crippen molar-refractivity contribution in [1.29, 1.82) is 0 Å². The van der Waals surface area contributed by atoms with E-state index in [0.29, 0.717) is 18.8 Å². The van der Waals surface area contributed by atoms with Crippen LogP contribution in [0.2, 0.25) is 0 Å². The number of carbonyl (C=O) groups is 1. The van der Waals surface area contributed by atoms with Gasteiger partial charge in [0.2, 0.25) is 0 Å². The van der Waals surface area contributed by atoms with E-state index in [1.807, 2.05) is 4.90 Å². The second-order valence-electron chi connectivity index (χ2n) is 4.83. The summed E-state index contributed by atoms with van der Waals surface area (Å²) in [7, 11) is 0. The molecule has 4 nitrogen and oxygen atoms in total. The van der Waals surface area contributed by atoms with Crippen molar-refractivity contribution in [2.24, 2.45) is 0 Å². The van der Waals surface area contributed by atoms with Crippen LogP contribution in [-0.2, 0) is 4.74 Å². The van der Waals surface area contributed by atoms with Gasteiger partial charge >= 0.3 is 5.97 Å². The molecule has 3 rings (SSSR count). The topological polar surface area (TPSA) is 49.8 Å². The molecule has 5 heteroatoms. The molecular weight excluding hydrogens is 237 g/mol. The average molecular weight is 251 g/mol. The third kappa shape index (κ3) is 1.95. The van der Waals surface area contributed by atoms with Gasteiger partial charge in [-0.1, -0.05) is 0 Å². The Morgan fingerprint density at radius 2 is 2.00 bits per heavy atom. The normalized spacial score (nSPS) is 26.4. The summed E-state index contributed by atoms with van der Waals surface area (Å²) in [4.78, 5) is 12.7. The zero-order chi connectivity index (χ0) is 12.7. The molecule has 1 aromatic rings. The highest BCUT2D eigenvalue weighted by Gasteiger charge is 2.34. The molecule has 2 unspecified atom stereocenters. The third-order valence-corrected chi connectivity index (χ3v) is 3.58. The number of ether oxygens (including phenoxy) is 1. The molecule has 0 spiro atoms. The van der Waals surface area contributed by atoms with Crippen molar-refractivity contribution in [1.82, 2.24) is 0 Å². The van der Waals surface area contributed by atoms with Crippen molar-refractivity contribution in [2.45, 2.75) is 25.0 Å². The number of carboxylic acid groups (broad SMARTS) is 1. The average Bonchev–Trinajstić information content (AvgIpc) is 2.68. The maximum absolute atomic E-state index is 13.9. The van der Waals surface area contributed by atoms with Gasteiger partial charge in [-0.15, -0.1) is 0 Å². The molecule has 2 bridgehead atoms. The van der Waals surface area contributed by atoms with E-state index in [2.05, 4.69) is 0 Å². The number of morpholine rings is 1. The summed E-state index contributed by atoms with van der Waals surface area (Å²) in [6.45, 7) is 1.36. The predicted molar refractivity (Wildman–Crippen MR) is 63.5 cm³/mol. The van der Waals surface area contributed by atoms with Crippen LogP contribution in [0.25, 0.3) is 0 Å². The molecule has 2 fully saturated rings. The van der Waals surface area contributed by atoms with Crippen LogP contribution in [0.5, 0.6) is 0 Å². The molecular formula is C13H14FNO3. The highest BCUT2D eigenvalue weighted by Crippen LogP contribution is 2.31. The maximum atomic E-state index is 13.9. The lowest BCUT2D eigenvalue weighted by Gasteiger charge is -2.34. The number of nitrogens with zero attached hydrogens (tertiary/aromatic N) is 1. The molecule has 2 aliphatic rings. The highest BCUT2D eigenvalue weighted by atomic mass is 19.1. The van der Waals surface area contributed by atoms with Crippen molar-refractivity contribution in [2.75, 3.05) is 18.0 Å². The molecule has 1 N–H and O–H groups in total. The zero-order valence-electron chi connectivity index (χ0n) is 9.80. The molecule has 2 heterocycles. The van der Waals surface area contributed by atoms with E-state index in [4.69, 9.17) is 9.84 Å². The van der Waals surface area contributed by atoms with Gasteiger partial charge in [0.05, 0.1) is 23.5 Å². The minimum atomic E-state index is -1.11. The molecule has 2 saturated heterocycles. The summed E-state index contributed by atoms with van der Waals surface area (Å²) in [5, 5.41) is 8.80. The first-order chi connectivity index (χ1) is 8.63. The quantitative estimate of drug-likeness (QED) is 0.872. The van der Waals surface area contributed by atoms with Crippen LogP contribution in [0.1, 0.15) is 23.2 Å². The van der Waals surface area contributed by atoms with Crippen LogP contribution in [0.3, 0.4) is 0 Å². The molecule has 2 atom stereocenters. The van der Waals surface area contributed by atoms with Gasteiger partial charge in [0, 0.05) is 13.1 Å². The van der Waals surface area contributed by atoms with E-state index < -0.39 is 11.8 Å². The van der Waals surface area contributed by atoms with Gasteiger partial charge < -0.3 is 14.7 Å². The minimum Gasteiger partial charge on any atom is -0.478 e. The fraction of sp³-hybridized carbons (Fsp3) is 0.462. The first-order valence-corrected chi connectivity index (χ1v) is 6.07. The molecule has 1 aromatic carbocycles. The summed E-state index contributed by atoms with van der Waals surface area (Å²) in [5.74, 6) is -1.58. The molecule has 0 aliphatic carbocycles. The summed E-state index contributed by atoms with van der Waals surface area (Å²) in [5.41, 5.74) is 0.452. The Kier molecular flexibility index (Phi) is 2.70. The fourth-order valence-electron chi connectivity index (χ4n) is 2.71. The highest BCUT2D eigenvalue weighted by molar-refractivity contribution is 5.88. The van der Waals surface area contributed by atoms with Gasteiger partial charge in [0.15, 0.2) is 0 Å². The van der Waals surface area contributed by atoms with E-state index in [-0.39, 0.29) is 17.8 Å². The summed E-state index contributed by atoms with van der Waals surface area (Å²) in [6.07, 6.45) is 2.41. The SMILES string of the molecule is O=C(O)c1ccc(N2CC3CCC(C2)O3)c(F)c1. The van der Waals surface area contributed by atoms with Crippen molar-refractivity contribution < 1.29 is 19.0 Å². The Balaban J connectivity index is 1.86. The monoisotopic (exact) mass is 251 g/mol. The molecule has 2 aliphatic heterocycles. The van der Waals surface area contributed by atoms with Crippen molar-refractivity contribution in [3.05, 3.63) is 29.6 Å². The smallest absolute Gasteiger partial charge is 0.335 e. The number of anilines is 1. The Bertz CT molecular complexity index is 479. The van der Waals surface area contributed by atoms with Crippen LogP contribution >= 0.6 is 0 Å². The van der Waals surface area contributed by atoms with Crippen LogP contribution in [0.15, 0.2) is 18.2 Å². The number of halogens is 1. The Labute approximate surface area is 104 Å². The van der Waals surface area contributed by atoms with Crippen molar-refractivity contribution in [3.63, 3.8) is 0 Å². The van der Waals surface area contributed by atoms with Crippen LogP contribution in [0.4, 0.5) is 10.1 Å². The minimum absolute atomic E-state index is 0.0209. The first kappa shape index (κ1) is 11.5. The first-order valence-electron chi connectivity index (χ1n) is 6.07. The maximum Gasteiger partial charge on any atom is 0.335 e.